The van der Waals surface area contributed by atoms with Gasteiger partial charge < -0.3 is 0 Å². The molecule has 0 bridgehead atoms. The molecule has 0 saturated heterocycles. The Bertz CT molecular complexity index is 1110. The zero-order valence-electron chi connectivity index (χ0n) is 20.4. The van der Waals surface area contributed by atoms with Crippen molar-refractivity contribution in [1.82, 2.24) is 0 Å². The normalized spacial score (nSPS) is 12.2. The van der Waals surface area contributed by atoms with Crippen molar-refractivity contribution in [2.45, 2.75) is 34.6 Å². The molecule has 0 unspecified atom stereocenters. The van der Waals surface area contributed by atoms with Crippen LogP contribution in [-0.4, -0.2) is 30.2 Å². The Morgan fingerprint density at radius 2 is 0.794 bits per heavy atom. The quantitative estimate of drug-likeness (QED) is 0.318. The van der Waals surface area contributed by atoms with Crippen molar-refractivity contribution >= 4 is 40.7 Å². The molecular weight excluding hydrogens is 534 g/mol. The number of benzene rings is 3. The molecule has 0 amide bonds. The molecule has 3 rings (SSSR count). The molecule has 0 radical (unpaired) electrons. The molecule has 3 aromatic rings. The molecule has 0 atom stereocenters. The summed E-state index contributed by atoms with van der Waals surface area (Å²) >= 11 is -5.82. The second-order valence-corrected chi connectivity index (χ2v) is 19.7. The molecule has 0 fully saturated rings. The SMILES string of the molecule is C=C(C)C(=O)[O][Sb]([O]C(=O)C(=C)C)([c]1ccc(C)cc1)([c]1ccc(C)cc1)[c]1ccc(C)cc1. The average molecular weight is 565 g/mol. The first-order valence-corrected chi connectivity index (χ1v) is 16.9. The monoisotopic (exact) mass is 564 g/mol. The van der Waals surface area contributed by atoms with Crippen LogP contribution < -0.4 is 10.5 Å². The number of carbonyl (C=O) groups is 2. The summed E-state index contributed by atoms with van der Waals surface area (Å²) in [4.78, 5) is 26.7. The molecule has 0 aromatic heterocycles. The van der Waals surface area contributed by atoms with Gasteiger partial charge in [-0.05, 0) is 0 Å². The Hall–Kier alpha value is -3.10. The summed E-state index contributed by atoms with van der Waals surface area (Å²) in [6.07, 6.45) is 0. The molecule has 4 nitrogen and oxygen atoms in total. The third kappa shape index (κ3) is 4.47. The maximum absolute atomic E-state index is 13.4. The number of carbonyl (C=O) groups excluding carboxylic acids is 2. The maximum atomic E-state index is 13.4. The summed E-state index contributed by atoms with van der Waals surface area (Å²) in [6.45, 7) is 16.7. The first-order valence-electron chi connectivity index (χ1n) is 11.0. The fourth-order valence-corrected chi connectivity index (χ4v) is 16.8. The summed E-state index contributed by atoms with van der Waals surface area (Å²) in [5, 5.41) is 0. The van der Waals surface area contributed by atoms with Crippen molar-refractivity contribution in [3.63, 3.8) is 0 Å². The summed E-state index contributed by atoms with van der Waals surface area (Å²) in [5.41, 5.74) is 3.53. The van der Waals surface area contributed by atoms with Gasteiger partial charge in [-0.15, -0.1) is 0 Å². The van der Waals surface area contributed by atoms with Crippen LogP contribution in [0.15, 0.2) is 97.1 Å². The average Bonchev–Trinajstić information content (AvgIpc) is 2.79. The Labute approximate surface area is 204 Å². The molecule has 176 valence electrons. The minimum absolute atomic E-state index is 0.218. The van der Waals surface area contributed by atoms with E-state index in [1.54, 1.807) is 13.8 Å². The second kappa shape index (κ2) is 9.64. The van der Waals surface area contributed by atoms with Crippen LogP contribution in [0.4, 0.5) is 0 Å². The molecule has 0 aliphatic carbocycles. The van der Waals surface area contributed by atoms with E-state index in [0.29, 0.717) is 10.5 Å². The summed E-state index contributed by atoms with van der Waals surface area (Å²) in [7, 11) is 0. The first-order chi connectivity index (χ1) is 16.0. The van der Waals surface area contributed by atoms with Gasteiger partial charge in [0.1, 0.15) is 0 Å². The summed E-state index contributed by atoms with van der Waals surface area (Å²) in [6, 6.07) is 23.0. The fourth-order valence-electron chi connectivity index (χ4n) is 3.70. The minimum atomic E-state index is -5.82. The van der Waals surface area contributed by atoms with Crippen LogP contribution in [-0.2, 0) is 15.6 Å². The van der Waals surface area contributed by atoms with Gasteiger partial charge in [0.25, 0.3) is 0 Å². The van der Waals surface area contributed by atoms with E-state index in [1.807, 2.05) is 93.6 Å². The molecular formula is C29H31O4Sb. The topological polar surface area (TPSA) is 52.6 Å². The van der Waals surface area contributed by atoms with E-state index >= 15 is 0 Å². The van der Waals surface area contributed by atoms with E-state index in [4.69, 9.17) is 6.03 Å². The van der Waals surface area contributed by atoms with E-state index < -0.39 is 30.2 Å². The molecule has 0 aliphatic rings. The van der Waals surface area contributed by atoms with Crippen LogP contribution >= 0.6 is 0 Å². The van der Waals surface area contributed by atoms with Crippen molar-refractivity contribution in [2.24, 2.45) is 0 Å². The Morgan fingerprint density at radius 1 is 0.559 bits per heavy atom. The molecule has 0 heterocycles. The fraction of sp³-hybridized carbons (Fsp3) is 0.172. The van der Waals surface area contributed by atoms with Crippen LogP contribution in [0.25, 0.3) is 0 Å². The van der Waals surface area contributed by atoms with Gasteiger partial charge >= 0.3 is 205 Å². The molecule has 3 aromatic carbocycles. The van der Waals surface area contributed by atoms with Crippen LogP contribution in [0.3, 0.4) is 0 Å². The van der Waals surface area contributed by atoms with Crippen LogP contribution in [0.2, 0.25) is 0 Å². The Kier molecular flexibility index (Phi) is 7.23. The Morgan fingerprint density at radius 3 is 1.00 bits per heavy atom. The third-order valence-corrected chi connectivity index (χ3v) is 19.2. The molecule has 34 heavy (non-hydrogen) atoms. The van der Waals surface area contributed by atoms with E-state index in [1.165, 1.54) is 0 Å². The number of hydrogen-bond acceptors (Lipinski definition) is 4. The zero-order chi connectivity index (χ0) is 25.1. The second-order valence-electron chi connectivity index (χ2n) is 8.78. The summed E-state index contributed by atoms with van der Waals surface area (Å²) in [5.74, 6) is -1.23. The van der Waals surface area contributed by atoms with Crippen molar-refractivity contribution in [2.75, 3.05) is 0 Å². The van der Waals surface area contributed by atoms with Gasteiger partial charge in [0.15, 0.2) is 0 Å². The van der Waals surface area contributed by atoms with E-state index in [9.17, 15) is 9.59 Å². The molecule has 0 N–H and O–H groups in total. The van der Waals surface area contributed by atoms with E-state index in [0.717, 1.165) is 16.7 Å². The zero-order valence-corrected chi connectivity index (χ0v) is 23.0. The van der Waals surface area contributed by atoms with Gasteiger partial charge in [-0.2, -0.15) is 0 Å². The van der Waals surface area contributed by atoms with Crippen LogP contribution in [0, 0.1) is 20.8 Å². The van der Waals surface area contributed by atoms with Gasteiger partial charge in [-0.3, -0.25) is 0 Å². The first kappa shape index (κ1) is 25.5. The van der Waals surface area contributed by atoms with Crippen molar-refractivity contribution < 1.29 is 15.6 Å². The summed E-state index contributed by atoms with van der Waals surface area (Å²) < 4.78 is 15.1. The van der Waals surface area contributed by atoms with Crippen LogP contribution in [0.1, 0.15) is 30.5 Å². The number of rotatable bonds is 7. The molecule has 0 spiro atoms. The molecule has 5 heteroatoms. The van der Waals surface area contributed by atoms with Crippen molar-refractivity contribution in [1.29, 1.82) is 0 Å². The van der Waals surface area contributed by atoms with E-state index in [2.05, 4.69) is 13.2 Å². The van der Waals surface area contributed by atoms with Crippen molar-refractivity contribution in [3.05, 3.63) is 114 Å². The molecule has 0 aliphatic heterocycles. The number of aryl methyl sites for hydroxylation is 3. The van der Waals surface area contributed by atoms with Gasteiger partial charge in [0.2, 0.25) is 0 Å². The third-order valence-electron chi connectivity index (χ3n) is 5.72. The van der Waals surface area contributed by atoms with Gasteiger partial charge in [-0.25, -0.2) is 0 Å². The predicted molar refractivity (Wildman–Crippen MR) is 140 cm³/mol. The van der Waals surface area contributed by atoms with Crippen LogP contribution in [0.5, 0.6) is 0 Å². The molecule has 0 saturated carbocycles. The standard InChI is InChI=1S/3C7H7.2C4H6O2.Sb/c3*1-7-5-3-2-4-6-7;2*1-3(2)4(5)6;/h3*3-6H,1H3;2*1H2,2H3,(H,5,6);/q;;;;;+2/p-2. The van der Waals surface area contributed by atoms with E-state index in [-0.39, 0.29) is 11.1 Å². The Balaban J connectivity index is 2.61. The van der Waals surface area contributed by atoms with Gasteiger partial charge in [0.05, 0.1) is 0 Å². The number of hydrogen-bond donors (Lipinski definition) is 0. The van der Waals surface area contributed by atoms with Gasteiger partial charge in [-0.1, -0.05) is 0 Å². The van der Waals surface area contributed by atoms with Crippen molar-refractivity contribution in [3.8, 4) is 0 Å². The predicted octanol–water partition coefficient (Wildman–Crippen LogP) is 4.27. The van der Waals surface area contributed by atoms with Gasteiger partial charge in [0, 0.05) is 0 Å².